The number of nitrogens with two attached hydrogens (primary N) is 1. The van der Waals surface area contributed by atoms with Crippen LogP contribution < -0.4 is 11.2 Å². The van der Waals surface area contributed by atoms with E-state index < -0.39 is 8.07 Å². The smallest absolute Gasteiger partial charge is 0.205 e. The van der Waals surface area contributed by atoms with Crippen molar-refractivity contribution in [3.05, 3.63) is 40.8 Å². The average Bonchev–Trinajstić information content (AvgIpc) is 2.83. The Bertz CT molecular complexity index is 687. The fourth-order valence-corrected chi connectivity index (χ4v) is 2.48. The lowest BCUT2D eigenvalue weighted by Crippen LogP contribution is -2.16. The molecule has 0 aliphatic carbocycles. The molecule has 2 rings (SSSR count). The Morgan fingerprint density at radius 1 is 1.29 bits per heavy atom. The number of anilines is 2. The molecule has 0 aliphatic heterocycles. The minimum Gasteiger partial charge on any atom is -0.383 e. The van der Waals surface area contributed by atoms with Gasteiger partial charge in [-0.3, -0.25) is 5.43 Å². The van der Waals surface area contributed by atoms with Gasteiger partial charge in [-0.2, -0.15) is 5.10 Å². The number of aromatic nitrogens is 1. The molecule has 0 bridgehead atoms. The summed E-state index contributed by atoms with van der Waals surface area (Å²) in [6.45, 7) is 6.70. The predicted molar refractivity (Wildman–Crippen MR) is 94.4 cm³/mol. The maximum absolute atomic E-state index is 5.53. The third kappa shape index (κ3) is 5.42. The molecule has 2 aromatic rings. The molecule has 1 aromatic heterocycles. The number of nitrogens with one attached hydrogen (secondary N) is 1. The Kier molecular flexibility index (Phi) is 4.78. The highest BCUT2D eigenvalue weighted by Gasteiger charge is 2.07. The molecule has 1 aromatic carbocycles. The zero-order chi connectivity index (χ0) is 15.3. The Labute approximate surface area is 130 Å². The highest BCUT2D eigenvalue weighted by Crippen LogP contribution is 2.16. The summed E-state index contributed by atoms with van der Waals surface area (Å²) in [5.74, 6) is 3.73. The van der Waals surface area contributed by atoms with Crippen molar-refractivity contribution in [1.82, 2.24) is 4.98 Å². The summed E-state index contributed by atoms with van der Waals surface area (Å²) in [6.07, 6.45) is 1.74. The number of rotatable bonds is 3. The van der Waals surface area contributed by atoms with Gasteiger partial charge in [0, 0.05) is 10.9 Å². The van der Waals surface area contributed by atoms with Gasteiger partial charge in [0.05, 0.1) is 6.21 Å². The van der Waals surface area contributed by atoms with Gasteiger partial charge < -0.3 is 5.73 Å². The SMILES string of the molecule is C[Si](C)(C)C#Cc1ccc(C=NNc2nc(N)cs2)cc1. The first-order valence-corrected chi connectivity index (χ1v) is 10.9. The van der Waals surface area contributed by atoms with Crippen LogP contribution in [0.1, 0.15) is 11.1 Å². The van der Waals surface area contributed by atoms with E-state index in [4.69, 9.17) is 5.73 Å². The van der Waals surface area contributed by atoms with E-state index in [1.54, 1.807) is 11.6 Å². The number of benzene rings is 1. The average molecular weight is 314 g/mol. The number of nitrogen functional groups attached to an aromatic ring is 1. The highest BCUT2D eigenvalue weighted by molar-refractivity contribution is 7.14. The third-order valence-corrected chi connectivity index (χ3v) is 4.03. The number of thiazole rings is 1. The van der Waals surface area contributed by atoms with Crippen LogP contribution in [0.15, 0.2) is 34.7 Å². The first-order valence-electron chi connectivity index (χ1n) is 6.56. The quantitative estimate of drug-likeness (QED) is 0.395. The van der Waals surface area contributed by atoms with Crippen molar-refractivity contribution in [1.29, 1.82) is 0 Å². The molecule has 1 heterocycles. The fourth-order valence-electron chi connectivity index (χ4n) is 1.41. The van der Waals surface area contributed by atoms with Gasteiger partial charge in [-0.1, -0.05) is 37.7 Å². The standard InChI is InChI=1S/C15H18N4SSi/c1-21(2,3)9-8-12-4-6-13(7-5-12)10-17-19-15-18-14(16)11-20-15/h4-7,10-11H,16H2,1-3H3,(H,18,19). The van der Waals surface area contributed by atoms with E-state index in [2.05, 4.69) is 46.6 Å². The zero-order valence-corrected chi connectivity index (χ0v) is 14.2. The summed E-state index contributed by atoms with van der Waals surface area (Å²) in [6, 6.07) is 8.01. The van der Waals surface area contributed by atoms with Crippen LogP contribution in [0.5, 0.6) is 0 Å². The van der Waals surface area contributed by atoms with Gasteiger partial charge >= 0.3 is 0 Å². The van der Waals surface area contributed by atoms with Gasteiger partial charge in [0.15, 0.2) is 0 Å². The van der Waals surface area contributed by atoms with Gasteiger partial charge in [-0.25, -0.2) is 4.98 Å². The summed E-state index contributed by atoms with van der Waals surface area (Å²) < 4.78 is 0. The molecule has 0 atom stereocenters. The zero-order valence-electron chi connectivity index (χ0n) is 12.3. The van der Waals surface area contributed by atoms with Crippen molar-refractivity contribution in [2.45, 2.75) is 19.6 Å². The number of hydrazone groups is 1. The fraction of sp³-hybridized carbons (Fsp3) is 0.200. The molecule has 0 fully saturated rings. The van der Waals surface area contributed by atoms with Crippen LogP contribution in [0.25, 0.3) is 0 Å². The molecule has 0 unspecified atom stereocenters. The second kappa shape index (κ2) is 6.57. The molecule has 0 spiro atoms. The Morgan fingerprint density at radius 2 is 2.00 bits per heavy atom. The summed E-state index contributed by atoms with van der Waals surface area (Å²) in [7, 11) is -1.32. The first-order chi connectivity index (χ1) is 9.92. The van der Waals surface area contributed by atoms with E-state index in [1.165, 1.54) is 11.3 Å². The van der Waals surface area contributed by atoms with Crippen LogP contribution in [0.2, 0.25) is 19.6 Å². The largest absolute Gasteiger partial charge is 0.383 e. The van der Waals surface area contributed by atoms with Crippen LogP contribution in [0.4, 0.5) is 10.9 Å². The molecular weight excluding hydrogens is 296 g/mol. The molecule has 0 saturated carbocycles. The maximum Gasteiger partial charge on any atom is 0.205 e. The number of hydrogen-bond donors (Lipinski definition) is 2. The Hall–Kier alpha value is -2.10. The summed E-state index contributed by atoms with van der Waals surface area (Å²) in [4.78, 5) is 4.06. The molecule has 0 radical (unpaired) electrons. The van der Waals surface area contributed by atoms with Crippen molar-refractivity contribution in [2.24, 2.45) is 5.10 Å². The topological polar surface area (TPSA) is 63.3 Å². The van der Waals surface area contributed by atoms with Crippen molar-refractivity contribution < 1.29 is 0 Å². The molecule has 0 amide bonds. The number of nitrogens with zero attached hydrogens (tertiary/aromatic N) is 2. The summed E-state index contributed by atoms with van der Waals surface area (Å²) >= 11 is 1.42. The van der Waals surface area contributed by atoms with E-state index in [-0.39, 0.29) is 0 Å². The molecule has 0 aliphatic rings. The normalized spacial score (nSPS) is 11.2. The second-order valence-electron chi connectivity index (χ2n) is 5.57. The van der Waals surface area contributed by atoms with Crippen LogP contribution in [-0.4, -0.2) is 19.3 Å². The van der Waals surface area contributed by atoms with Gasteiger partial charge in [-0.05, 0) is 17.7 Å². The lowest BCUT2D eigenvalue weighted by Gasteiger charge is -2.03. The number of hydrogen-bond acceptors (Lipinski definition) is 5. The predicted octanol–water partition coefficient (Wildman–Crippen LogP) is 3.40. The molecule has 0 saturated heterocycles. The van der Waals surface area contributed by atoms with Gasteiger partial charge in [-0.15, -0.1) is 16.9 Å². The second-order valence-corrected chi connectivity index (χ2v) is 11.2. The Morgan fingerprint density at radius 3 is 2.57 bits per heavy atom. The highest BCUT2D eigenvalue weighted by atomic mass is 32.1. The summed E-state index contributed by atoms with van der Waals surface area (Å²) in [5, 5.41) is 6.58. The minimum absolute atomic E-state index is 0.503. The lowest BCUT2D eigenvalue weighted by atomic mass is 10.1. The molecule has 21 heavy (non-hydrogen) atoms. The van der Waals surface area contributed by atoms with Crippen molar-refractivity contribution >= 4 is 36.6 Å². The van der Waals surface area contributed by atoms with Crippen LogP contribution in [-0.2, 0) is 0 Å². The van der Waals surface area contributed by atoms with Crippen molar-refractivity contribution in [3.8, 4) is 11.5 Å². The van der Waals surface area contributed by atoms with E-state index >= 15 is 0 Å². The first kappa shape index (κ1) is 15.3. The van der Waals surface area contributed by atoms with Gasteiger partial charge in [0.2, 0.25) is 5.13 Å². The molecular formula is C15H18N4SSi. The molecule has 4 nitrogen and oxygen atoms in total. The van der Waals surface area contributed by atoms with E-state index in [0.717, 1.165) is 11.1 Å². The lowest BCUT2D eigenvalue weighted by molar-refractivity contribution is 1.29. The van der Waals surface area contributed by atoms with Crippen LogP contribution in [0, 0.1) is 11.5 Å². The Balaban J connectivity index is 1.97. The monoisotopic (exact) mass is 314 g/mol. The summed E-state index contributed by atoms with van der Waals surface area (Å²) in [5.41, 5.74) is 13.8. The van der Waals surface area contributed by atoms with E-state index in [1.807, 2.05) is 24.3 Å². The molecule has 3 N–H and O–H groups in total. The van der Waals surface area contributed by atoms with Crippen LogP contribution >= 0.6 is 11.3 Å². The molecule has 108 valence electrons. The maximum atomic E-state index is 5.53. The molecule has 6 heteroatoms. The van der Waals surface area contributed by atoms with E-state index in [0.29, 0.717) is 10.9 Å². The van der Waals surface area contributed by atoms with E-state index in [9.17, 15) is 0 Å². The van der Waals surface area contributed by atoms with Gasteiger partial charge in [0.25, 0.3) is 0 Å². The third-order valence-electron chi connectivity index (χ3n) is 2.39. The van der Waals surface area contributed by atoms with Crippen LogP contribution in [0.3, 0.4) is 0 Å². The van der Waals surface area contributed by atoms with Crippen molar-refractivity contribution in [2.75, 3.05) is 11.2 Å². The van der Waals surface area contributed by atoms with Gasteiger partial charge in [0.1, 0.15) is 13.9 Å². The minimum atomic E-state index is -1.32. The van der Waals surface area contributed by atoms with Crippen molar-refractivity contribution in [3.63, 3.8) is 0 Å².